The van der Waals surface area contributed by atoms with E-state index in [1.807, 2.05) is 6.08 Å². The number of ether oxygens (including phenoxy) is 1. The van der Waals surface area contributed by atoms with Crippen molar-refractivity contribution in [2.75, 3.05) is 51.3 Å². The molecule has 226 valence electrons. The molecule has 1 amide bonds. The zero-order valence-electron chi connectivity index (χ0n) is 25.8. The normalized spacial score (nSPS) is 20.9. The third-order valence-corrected chi connectivity index (χ3v) is 9.02. The van der Waals surface area contributed by atoms with Crippen LogP contribution in [0.2, 0.25) is 0 Å². The van der Waals surface area contributed by atoms with Crippen LogP contribution in [-0.2, 0) is 17.8 Å². The van der Waals surface area contributed by atoms with E-state index in [1.165, 1.54) is 29.2 Å². The predicted octanol–water partition coefficient (Wildman–Crippen LogP) is 4.27. The van der Waals surface area contributed by atoms with Crippen molar-refractivity contribution in [1.82, 2.24) is 24.7 Å². The highest BCUT2D eigenvalue weighted by atomic mass is 16.5. The number of benzene rings is 1. The number of hydrogen-bond acceptors (Lipinski definition) is 8. The first-order chi connectivity index (χ1) is 20.8. The molecule has 2 fully saturated rings. The molecule has 4 heterocycles. The summed E-state index contributed by atoms with van der Waals surface area (Å²) in [5.74, 6) is 0.715. The summed E-state index contributed by atoms with van der Waals surface area (Å²) >= 11 is 0. The van der Waals surface area contributed by atoms with Gasteiger partial charge in [0, 0.05) is 49.0 Å². The van der Waals surface area contributed by atoms with Crippen LogP contribution < -0.4 is 9.64 Å². The quantitative estimate of drug-likeness (QED) is 0.321. The molecule has 9 nitrogen and oxygen atoms in total. The number of piperazine rings is 1. The number of likely N-dealkylation sites (tertiary alicyclic amines) is 1. The summed E-state index contributed by atoms with van der Waals surface area (Å²) in [5.41, 5.74) is 6.87. The van der Waals surface area contributed by atoms with Gasteiger partial charge < -0.3 is 24.3 Å². The molecule has 0 spiro atoms. The monoisotopic (exact) mass is 581 g/mol. The van der Waals surface area contributed by atoms with Crippen LogP contribution in [0.3, 0.4) is 0 Å². The average molecular weight is 582 g/mol. The van der Waals surface area contributed by atoms with Gasteiger partial charge in [-0.05, 0) is 70.0 Å². The Morgan fingerprint density at radius 1 is 1.14 bits per heavy atom. The molecule has 3 aliphatic rings. The molecular weight excluding hydrogens is 538 g/mol. The Balaban J connectivity index is 1.49. The summed E-state index contributed by atoms with van der Waals surface area (Å²) < 4.78 is 6.31. The minimum atomic E-state index is -0.238. The number of rotatable bonds is 9. The predicted molar refractivity (Wildman–Crippen MR) is 170 cm³/mol. The van der Waals surface area contributed by atoms with Crippen LogP contribution in [-0.4, -0.2) is 89.0 Å². The number of nitrogens with zero attached hydrogens (tertiary/aromatic N) is 7. The van der Waals surface area contributed by atoms with Crippen molar-refractivity contribution >= 4 is 17.4 Å². The zero-order chi connectivity index (χ0) is 30.5. The molecule has 0 radical (unpaired) electrons. The Bertz CT molecular complexity index is 1420. The van der Waals surface area contributed by atoms with Crippen LogP contribution in [0.15, 0.2) is 49.6 Å². The van der Waals surface area contributed by atoms with Gasteiger partial charge in [-0.25, -0.2) is 0 Å². The molecule has 43 heavy (non-hydrogen) atoms. The smallest absolute Gasteiger partial charge is 0.318 e. The lowest BCUT2D eigenvalue weighted by Crippen LogP contribution is -2.55. The van der Waals surface area contributed by atoms with Crippen molar-refractivity contribution in [2.24, 2.45) is 0 Å². The highest BCUT2D eigenvalue weighted by Gasteiger charge is 2.34. The molecule has 0 N–H and O–H groups in total. The first-order valence-corrected chi connectivity index (χ1v) is 15.3. The Labute approximate surface area is 255 Å². The van der Waals surface area contributed by atoms with Crippen molar-refractivity contribution in [2.45, 2.75) is 58.2 Å². The van der Waals surface area contributed by atoms with Gasteiger partial charge in [-0.1, -0.05) is 37.4 Å². The minimum absolute atomic E-state index is 0.141. The molecule has 1 aromatic carbocycles. The summed E-state index contributed by atoms with van der Waals surface area (Å²) in [7, 11) is 2.14. The molecule has 1 aromatic heterocycles. The molecule has 1 unspecified atom stereocenters. The van der Waals surface area contributed by atoms with Gasteiger partial charge in [0.2, 0.25) is 5.91 Å². The molecule has 0 saturated carbocycles. The lowest BCUT2D eigenvalue weighted by molar-refractivity contribution is -0.128. The number of carbonyl (C=O) groups excluding carboxylic acids is 1. The summed E-state index contributed by atoms with van der Waals surface area (Å²) in [6.07, 6.45) is 8.57. The molecule has 0 bridgehead atoms. The van der Waals surface area contributed by atoms with E-state index in [2.05, 4.69) is 79.1 Å². The van der Waals surface area contributed by atoms with Crippen LogP contribution in [0.5, 0.6) is 6.01 Å². The summed E-state index contributed by atoms with van der Waals surface area (Å²) in [5, 5.41) is 9.54. The highest BCUT2D eigenvalue weighted by molar-refractivity contribution is 5.87. The van der Waals surface area contributed by atoms with E-state index in [9.17, 15) is 10.1 Å². The van der Waals surface area contributed by atoms with Crippen LogP contribution in [0.4, 0.5) is 5.82 Å². The van der Waals surface area contributed by atoms with Gasteiger partial charge in [0.1, 0.15) is 12.4 Å². The second kappa shape index (κ2) is 13.4. The van der Waals surface area contributed by atoms with Crippen molar-refractivity contribution in [3.8, 4) is 12.1 Å². The first kappa shape index (κ1) is 30.3. The molecule has 5 rings (SSSR count). The molecule has 0 aliphatic carbocycles. The van der Waals surface area contributed by atoms with Crippen molar-refractivity contribution in [3.63, 3.8) is 0 Å². The van der Waals surface area contributed by atoms with E-state index in [-0.39, 0.29) is 18.4 Å². The molecule has 2 aromatic rings. The SMILES string of the molecule is C=C/C=C(\c1c(C)cccc1C)N1CCc2c(nc(OC[C@@H]3CCCN3C)nc2N2CCN(C(=O)C=C)C(CC#N)C2)C1. The number of aryl methyl sites for hydroxylation is 2. The van der Waals surface area contributed by atoms with Gasteiger partial charge in [-0.3, -0.25) is 4.79 Å². The van der Waals surface area contributed by atoms with Gasteiger partial charge >= 0.3 is 6.01 Å². The molecule has 2 saturated heterocycles. The number of anilines is 1. The topological polar surface area (TPSA) is 88.8 Å². The Kier molecular flexibility index (Phi) is 9.46. The number of nitriles is 1. The minimum Gasteiger partial charge on any atom is -0.462 e. The van der Waals surface area contributed by atoms with Crippen LogP contribution in [0.25, 0.3) is 5.70 Å². The van der Waals surface area contributed by atoms with Crippen LogP contribution >= 0.6 is 0 Å². The number of aromatic nitrogens is 2. The number of amides is 1. The van der Waals surface area contributed by atoms with Gasteiger partial charge in [0.25, 0.3) is 0 Å². The lowest BCUT2D eigenvalue weighted by atomic mass is 9.96. The molecule has 3 aliphatic heterocycles. The second-order valence-corrected chi connectivity index (χ2v) is 11.8. The van der Waals surface area contributed by atoms with Crippen molar-refractivity contribution in [1.29, 1.82) is 5.26 Å². The maximum atomic E-state index is 12.6. The maximum absolute atomic E-state index is 12.6. The summed E-state index contributed by atoms with van der Waals surface area (Å²) in [6.45, 7) is 16.7. The largest absolute Gasteiger partial charge is 0.462 e. The maximum Gasteiger partial charge on any atom is 0.318 e. The van der Waals surface area contributed by atoms with E-state index >= 15 is 0 Å². The standard InChI is InChI=1S/C34H43N7O2/c1-6-10-30(32-24(3)11-8-12-25(32)4)39-18-15-28-29(22-39)36-34(43-23-27-13-9-17-38(27)5)37-33(28)40-19-20-41(31(42)7-2)26(21-40)14-16-35/h6-8,10-12,26-27H,1-2,9,13-15,17-23H2,3-5H3/b30-10+/t26?,27-/m0/s1. The van der Waals surface area contributed by atoms with Gasteiger partial charge in [-0.2, -0.15) is 15.2 Å². The van der Waals surface area contributed by atoms with Gasteiger partial charge in [0.05, 0.1) is 30.8 Å². The van der Waals surface area contributed by atoms with Crippen molar-refractivity contribution in [3.05, 3.63) is 77.5 Å². The fraction of sp³-hybridized carbons (Fsp3) is 0.471. The van der Waals surface area contributed by atoms with E-state index in [4.69, 9.17) is 14.7 Å². The number of fused-ring (bicyclic) bond motifs is 1. The van der Waals surface area contributed by atoms with E-state index in [0.717, 1.165) is 48.7 Å². The molecule has 9 heteroatoms. The molecular formula is C34H43N7O2. The summed E-state index contributed by atoms with van der Waals surface area (Å²) in [4.78, 5) is 31.2. The second-order valence-electron chi connectivity index (χ2n) is 11.8. The first-order valence-electron chi connectivity index (χ1n) is 15.3. The number of likely N-dealkylation sites (N-methyl/N-ethyl adjacent to an activating group) is 1. The fourth-order valence-electron chi connectivity index (χ4n) is 6.69. The number of allylic oxidation sites excluding steroid dienone is 2. The Hall–Kier alpha value is -4.16. The number of hydrogen-bond donors (Lipinski definition) is 0. The Morgan fingerprint density at radius 2 is 1.93 bits per heavy atom. The van der Waals surface area contributed by atoms with E-state index in [0.29, 0.717) is 44.8 Å². The average Bonchev–Trinajstić information content (AvgIpc) is 3.42. The third kappa shape index (κ3) is 6.45. The Morgan fingerprint density at radius 3 is 2.60 bits per heavy atom. The van der Waals surface area contributed by atoms with Gasteiger partial charge in [0.15, 0.2) is 0 Å². The lowest BCUT2D eigenvalue weighted by Gasteiger charge is -2.42. The number of carbonyl (C=O) groups is 1. The molecule has 2 atom stereocenters. The van der Waals surface area contributed by atoms with E-state index < -0.39 is 0 Å². The van der Waals surface area contributed by atoms with Crippen LogP contribution in [0, 0.1) is 25.2 Å². The highest BCUT2D eigenvalue weighted by Crippen LogP contribution is 2.35. The zero-order valence-corrected chi connectivity index (χ0v) is 25.8. The summed E-state index contributed by atoms with van der Waals surface area (Å²) in [6, 6.07) is 9.16. The van der Waals surface area contributed by atoms with Gasteiger partial charge in [-0.15, -0.1) is 0 Å². The van der Waals surface area contributed by atoms with Crippen LogP contribution in [0.1, 0.15) is 47.2 Å². The fourth-order valence-corrected chi connectivity index (χ4v) is 6.69. The third-order valence-electron chi connectivity index (χ3n) is 9.02. The van der Waals surface area contributed by atoms with E-state index in [1.54, 1.807) is 4.90 Å². The van der Waals surface area contributed by atoms with Crippen molar-refractivity contribution < 1.29 is 9.53 Å².